The van der Waals surface area contributed by atoms with Gasteiger partial charge in [-0.2, -0.15) is 0 Å². The largest absolute Gasteiger partial charge is 0.456 e. The Hall–Kier alpha value is -3.25. The molecular weight excluding hydrogens is 889 g/mol. The fourth-order valence-corrected chi connectivity index (χ4v) is 11.5. The number of hydrogen-bond donors (Lipinski definition) is 3. The minimum absolute atomic E-state index is 0.0149. The summed E-state index contributed by atoms with van der Waals surface area (Å²) in [4.78, 5) is 73.8. The number of allylic oxidation sites excluding steroid dienone is 3. The van der Waals surface area contributed by atoms with E-state index in [2.05, 4.69) is 13.8 Å². The third-order valence-electron chi connectivity index (χ3n) is 15.9. The summed E-state index contributed by atoms with van der Waals surface area (Å²) in [6.07, 6.45) is 7.35. The van der Waals surface area contributed by atoms with Crippen LogP contribution in [-0.4, -0.2) is 157 Å². The minimum Gasteiger partial charge on any atom is -0.456 e. The van der Waals surface area contributed by atoms with E-state index in [0.717, 1.165) is 37.7 Å². The van der Waals surface area contributed by atoms with Crippen LogP contribution in [0.3, 0.4) is 0 Å². The number of carbonyl (C=O) groups is 5. The first-order valence-corrected chi connectivity index (χ1v) is 26.1. The van der Waals surface area contributed by atoms with Crippen LogP contribution in [0.15, 0.2) is 23.3 Å². The number of aliphatic hydroxyl groups is 3. The number of likely N-dealkylation sites (tertiary alicyclic amines) is 1. The Kier molecular flexibility index (Phi) is 21.7. The Bertz CT molecular complexity index is 1780. The summed E-state index contributed by atoms with van der Waals surface area (Å²) in [5, 5.41) is 33.7. The number of hydrogen-bond acceptors (Lipinski definition) is 14. The van der Waals surface area contributed by atoms with Gasteiger partial charge in [-0.3, -0.25) is 14.4 Å². The lowest BCUT2D eigenvalue weighted by Gasteiger charge is -2.47. The maximum Gasteiger partial charge on any atom is 0.410 e. The number of unbranched alkanes of at least 4 members (excludes halogenated alkanes) is 2. The maximum absolute atomic E-state index is 14.6. The van der Waals surface area contributed by atoms with Crippen LogP contribution in [0.25, 0.3) is 0 Å². The summed E-state index contributed by atoms with van der Waals surface area (Å²) in [7, 11) is 4.66. The molecular formula is C53H86N2O14. The van der Waals surface area contributed by atoms with Crippen molar-refractivity contribution in [2.24, 2.45) is 35.5 Å². The molecule has 0 aromatic rings. The summed E-state index contributed by atoms with van der Waals surface area (Å²) in [6.45, 7) is 12.6. The second-order valence-corrected chi connectivity index (χ2v) is 21.2. The predicted octanol–water partition coefficient (Wildman–Crippen LogP) is 6.49. The highest BCUT2D eigenvalue weighted by molar-refractivity contribution is 6.39. The third-order valence-corrected chi connectivity index (χ3v) is 15.9. The van der Waals surface area contributed by atoms with Crippen molar-refractivity contribution in [3.63, 3.8) is 0 Å². The number of nitrogens with zero attached hydrogens (tertiary/aromatic N) is 2. The van der Waals surface area contributed by atoms with Crippen molar-refractivity contribution in [3.8, 4) is 0 Å². The summed E-state index contributed by atoms with van der Waals surface area (Å²) in [5.41, 5.74) is 1.64. The lowest BCUT2D eigenvalue weighted by molar-refractivity contribution is -0.302. The molecule has 3 N–H and O–H groups in total. The van der Waals surface area contributed by atoms with Gasteiger partial charge in [0.25, 0.3) is 11.7 Å². The normalized spacial score (nSPS) is 37.5. The van der Waals surface area contributed by atoms with Crippen LogP contribution < -0.4 is 0 Å². The highest BCUT2D eigenvalue weighted by Crippen LogP contribution is 2.40. The Balaban J connectivity index is 1.47. The number of methoxy groups -OCH3 is 3. The van der Waals surface area contributed by atoms with Gasteiger partial charge < -0.3 is 53.5 Å². The fourth-order valence-electron chi connectivity index (χ4n) is 11.5. The number of ketones is 2. The molecule has 4 fully saturated rings. The van der Waals surface area contributed by atoms with Crippen LogP contribution in [-0.2, 0) is 47.6 Å². The first-order valence-electron chi connectivity index (χ1n) is 26.1. The molecule has 0 aromatic heterocycles. The SMILES string of the molecule is CCCCC[C@@H]1/C=C(\C)C[C@H](C)C[C@H](OC)[C@H]2O[C@@](O)(C(=O)C(=O)N3CCCC[C@H]3C(=O)O[C@H](/C(C)=C/[C@@H]3CC[C@@H](OC(=O)N4CCC(CO)CC4)[C@H](OC)C3)[C@H](C)[C@@H](O)CC1=O)[C@H](C)C[C@@H]2OC. The molecule has 5 rings (SSSR count). The molecule has 2 bridgehead atoms. The summed E-state index contributed by atoms with van der Waals surface area (Å²) in [6, 6.07) is -1.17. The van der Waals surface area contributed by atoms with Crippen LogP contribution in [0.4, 0.5) is 4.79 Å². The Morgan fingerprint density at radius 1 is 0.870 bits per heavy atom. The molecule has 392 valence electrons. The molecule has 4 heterocycles. The molecule has 4 aliphatic heterocycles. The van der Waals surface area contributed by atoms with Gasteiger partial charge in [0.05, 0.1) is 24.4 Å². The molecule has 1 saturated carbocycles. The number of rotatable bonds is 11. The van der Waals surface area contributed by atoms with E-state index in [4.69, 9.17) is 28.4 Å². The van der Waals surface area contributed by atoms with Crippen molar-refractivity contribution in [3.05, 3.63) is 23.3 Å². The van der Waals surface area contributed by atoms with Crippen molar-refractivity contribution < 1.29 is 67.7 Å². The summed E-state index contributed by atoms with van der Waals surface area (Å²) >= 11 is 0. The zero-order valence-corrected chi connectivity index (χ0v) is 43.1. The van der Waals surface area contributed by atoms with Crippen molar-refractivity contribution in [1.29, 1.82) is 0 Å². The molecule has 2 amide bonds. The van der Waals surface area contributed by atoms with Crippen molar-refractivity contribution >= 4 is 29.5 Å². The topological polar surface area (TPSA) is 208 Å². The first-order chi connectivity index (χ1) is 32.9. The van der Waals surface area contributed by atoms with E-state index < -0.39 is 96.1 Å². The molecule has 3 saturated heterocycles. The van der Waals surface area contributed by atoms with Gasteiger partial charge in [-0.05, 0) is 114 Å². The quantitative estimate of drug-likeness (QED) is 0.0876. The van der Waals surface area contributed by atoms with E-state index in [1.165, 1.54) is 19.1 Å². The Labute approximate surface area is 411 Å². The number of esters is 1. The van der Waals surface area contributed by atoms with Crippen LogP contribution >= 0.6 is 0 Å². The van der Waals surface area contributed by atoms with E-state index >= 15 is 0 Å². The number of amides is 2. The number of carbonyl (C=O) groups excluding carboxylic acids is 5. The predicted molar refractivity (Wildman–Crippen MR) is 258 cm³/mol. The van der Waals surface area contributed by atoms with Gasteiger partial charge in [-0.1, -0.05) is 64.7 Å². The standard InChI is InChI=1S/C53H86N2O14/c1-10-11-12-15-39-25-32(2)24-33(3)26-45(65-8)48-46(66-9)28-35(5)53(63,69-48)49(59)50(60)55-21-14-13-16-40(55)51(61)68-47(36(6)41(57)30-42(39)58)34(4)27-38-17-18-43(44(29-38)64-7)67-52(62)54-22-19-37(31-56)20-23-54/h25,27,33,35-41,43-48,56-57,63H,10-24,26,28-31H2,1-9H3/b32-25+,34-27+/t33-,35+,36+,38-,39+,40-,41-,43+,44+,45-,46-,47+,48+,53+/m0/s1. The van der Waals surface area contributed by atoms with E-state index in [1.54, 1.807) is 25.9 Å². The molecule has 16 nitrogen and oxygen atoms in total. The highest BCUT2D eigenvalue weighted by Gasteiger charge is 2.56. The first kappa shape index (κ1) is 56.7. The number of ether oxygens (including phenoxy) is 6. The van der Waals surface area contributed by atoms with E-state index in [1.807, 2.05) is 26.0 Å². The van der Waals surface area contributed by atoms with Gasteiger partial charge in [-0.15, -0.1) is 0 Å². The average molecular weight is 975 g/mol. The second-order valence-electron chi connectivity index (χ2n) is 21.2. The third kappa shape index (κ3) is 14.5. The molecule has 0 aromatic carbocycles. The minimum atomic E-state index is -2.53. The van der Waals surface area contributed by atoms with Crippen LogP contribution in [0.1, 0.15) is 144 Å². The van der Waals surface area contributed by atoms with E-state index in [0.29, 0.717) is 70.0 Å². The Morgan fingerprint density at radius 3 is 2.20 bits per heavy atom. The second kappa shape index (κ2) is 26.4. The summed E-state index contributed by atoms with van der Waals surface area (Å²) < 4.78 is 36.4. The number of fused-ring (bicyclic) bond motifs is 3. The monoisotopic (exact) mass is 975 g/mol. The van der Waals surface area contributed by atoms with Crippen LogP contribution in [0.5, 0.6) is 0 Å². The molecule has 5 aliphatic rings. The molecule has 0 unspecified atom stereocenters. The van der Waals surface area contributed by atoms with Gasteiger partial charge in [0.1, 0.15) is 30.1 Å². The van der Waals surface area contributed by atoms with Gasteiger partial charge in [-0.25, -0.2) is 9.59 Å². The highest BCUT2D eigenvalue weighted by atomic mass is 16.7. The van der Waals surface area contributed by atoms with Gasteiger partial charge in [0.15, 0.2) is 0 Å². The number of Topliss-reactive ketones (excluding diaryl/α,β-unsaturated/α-hetero) is 2. The van der Waals surface area contributed by atoms with Crippen LogP contribution in [0, 0.1) is 35.5 Å². The average Bonchev–Trinajstić information content (AvgIpc) is 3.34. The lowest BCUT2D eigenvalue weighted by Crippen LogP contribution is -2.64. The van der Waals surface area contributed by atoms with Gasteiger partial charge in [0, 0.05) is 71.7 Å². The van der Waals surface area contributed by atoms with Crippen molar-refractivity contribution in [1.82, 2.24) is 9.80 Å². The maximum atomic E-state index is 14.6. The zero-order valence-electron chi connectivity index (χ0n) is 43.1. The lowest BCUT2D eigenvalue weighted by atomic mass is 9.81. The molecule has 0 spiro atoms. The van der Waals surface area contributed by atoms with Gasteiger partial charge >= 0.3 is 12.1 Å². The number of piperidine rings is 2. The van der Waals surface area contributed by atoms with Gasteiger partial charge in [0.2, 0.25) is 5.79 Å². The van der Waals surface area contributed by atoms with E-state index in [9.17, 15) is 39.3 Å². The molecule has 0 radical (unpaired) electrons. The van der Waals surface area contributed by atoms with E-state index in [-0.39, 0.29) is 56.0 Å². The summed E-state index contributed by atoms with van der Waals surface area (Å²) in [5.74, 6) is -7.56. The number of aliphatic hydroxyl groups excluding tert-OH is 2. The van der Waals surface area contributed by atoms with Crippen molar-refractivity contribution in [2.75, 3.05) is 47.6 Å². The zero-order chi connectivity index (χ0) is 50.6. The van der Waals surface area contributed by atoms with Crippen LogP contribution in [0.2, 0.25) is 0 Å². The fraction of sp³-hybridized carbons (Fsp3) is 0.830. The molecule has 69 heavy (non-hydrogen) atoms. The molecule has 1 aliphatic carbocycles. The molecule has 14 atom stereocenters. The van der Waals surface area contributed by atoms with Crippen molar-refractivity contribution in [2.45, 2.75) is 199 Å². The smallest absolute Gasteiger partial charge is 0.410 e. The molecule has 16 heteroatoms. The Morgan fingerprint density at radius 2 is 1.55 bits per heavy atom. The number of cyclic esters (lactones) is 1.